The Labute approximate surface area is 124 Å². The molecule has 1 aromatic rings. The third kappa shape index (κ3) is 3.86. The number of ether oxygens (including phenoxy) is 1. The molecule has 1 heterocycles. The van der Waals surface area contributed by atoms with E-state index in [1.807, 2.05) is 6.92 Å². The number of carbonyl (C=O) groups is 1. The largest absolute Gasteiger partial charge is 0.508 e. The Morgan fingerprint density at radius 2 is 1.95 bits per heavy atom. The molecule has 116 valence electrons. The van der Waals surface area contributed by atoms with Crippen molar-refractivity contribution in [2.24, 2.45) is 0 Å². The number of amides is 1. The Kier molecular flexibility index (Phi) is 5.03. The lowest BCUT2D eigenvalue weighted by Crippen LogP contribution is -2.49. The zero-order valence-electron chi connectivity index (χ0n) is 12.4. The van der Waals surface area contributed by atoms with Gasteiger partial charge in [-0.3, -0.25) is 10.1 Å². The molecule has 0 aromatic heterocycles. The fourth-order valence-electron chi connectivity index (χ4n) is 2.48. The van der Waals surface area contributed by atoms with Crippen LogP contribution in [0.25, 0.3) is 0 Å². The summed E-state index contributed by atoms with van der Waals surface area (Å²) >= 11 is 0. The van der Waals surface area contributed by atoms with Crippen LogP contribution in [-0.4, -0.2) is 53.4 Å². The molecule has 6 nitrogen and oxygen atoms in total. The van der Waals surface area contributed by atoms with Gasteiger partial charge >= 0.3 is 0 Å². The van der Waals surface area contributed by atoms with E-state index in [0.717, 1.165) is 0 Å². The summed E-state index contributed by atoms with van der Waals surface area (Å²) in [5.41, 5.74) is 0.566. The number of hydrogen-bond donors (Lipinski definition) is 3. The molecular weight excluding hydrogens is 272 g/mol. The number of nitrogens with zero attached hydrogens (tertiary/aromatic N) is 1. The fourth-order valence-corrected chi connectivity index (χ4v) is 2.48. The predicted molar refractivity (Wildman–Crippen MR) is 78.2 cm³/mol. The number of phenolic OH excluding ortho intramolecular Hbond substituents is 2. The van der Waals surface area contributed by atoms with Gasteiger partial charge in [0, 0.05) is 24.7 Å². The lowest BCUT2D eigenvalue weighted by molar-refractivity contribution is -0.137. The van der Waals surface area contributed by atoms with Crippen molar-refractivity contribution < 1.29 is 19.7 Å². The lowest BCUT2D eigenvalue weighted by atomic mass is 10.1. The molecule has 0 spiro atoms. The van der Waals surface area contributed by atoms with E-state index in [-0.39, 0.29) is 29.5 Å². The van der Waals surface area contributed by atoms with Gasteiger partial charge in [0.05, 0.1) is 19.3 Å². The molecule has 0 saturated carbocycles. The summed E-state index contributed by atoms with van der Waals surface area (Å²) in [7, 11) is 0. The van der Waals surface area contributed by atoms with Crippen molar-refractivity contribution in [1.29, 1.82) is 0 Å². The van der Waals surface area contributed by atoms with E-state index < -0.39 is 0 Å². The van der Waals surface area contributed by atoms with Crippen LogP contribution in [0, 0.1) is 0 Å². The molecule has 2 unspecified atom stereocenters. The van der Waals surface area contributed by atoms with Gasteiger partial charge in [0.25, 0.3) is 0 Å². The molecule has 1 amide bonds. The summed E-state index contributed by atoms with van der Waals surface area (Å²) in [6.07, 6.45) is 0. The molecule has 6 heteroatoms. The lowest BCUT2D eigenvalue weighted by Gasteiger charge is -2.30. The highest BCUT2D eigenvalue weighted by Crippen LogP contribution is 2.28. The maximum absolute atomic E-state index is 12.3. The van der Waals surface area contributed by atoms with Crippen LogP contribution in [0.3, 0.4) is 0 Å². The average molecular weight is 294 g/mol. The van der Waals surface area contributed by atoms with Crippen LogP contribution >= 0.6 is 0 Å². The molecule has 3 N–H and O–H groups in total. The molecule has 0 bridgehead atoms. The molecule has 1 aromatic carbocycles. The highest BCUT2D eigenvalue weighted by molar-refractivity contribution is 5.81. The summed E-state index contributed by atoms with van der Waals surface area (Å²) in [6, 6.07) is 3.74. The third-order valence-electron chi connectivity index (χ3n) is 3.67. The minimum Gasteiger partial charge on any atom is -0.508 e. The summed E-state index contributed by atoms with van der Waals surface area (Å²) < 4.78 is 5.23. The number of nitrogens with one attached hydrogen (secondary N) is 1. The van der Waals surface area contributed by atoms with Gasteiger partial charge in [0.1, 0.15) is 11.5 Å². The monoisotopic (exact) mass is 294 g/mol. The Bertz CT molecular complexity index is 500. The second-order valence-corrected chi connectivity index (χ2v) is 5.29. The Hall–Kier alpha value is -1.79. The van der Waals surface area contributed by atoms with Gasteiger partial charge < -0.3 is 19.8 Å². The van der Waals surface area contributed by atoms with Crippen LogP contribution < -0.4 is 5.32 Å². The van der Waals surface area contributed by atoms with E-state index in [9.17, 15) is 15.0 Å². The summed E-state index contributed by atoms with van der Waals surface area (Å²) in [5.74, 6) is 0.201. The standard InChI is InChI=1S/C15H22N2O4/c1-10(13-9-12(18)3-4-14(13)19)16-11(2)15(20)17-5-7-21-8-6-17/h3-4,9-11,16,18-19H,5-8H2,1-2H3. The first-order chi connectivity index (χ1) is 9.99. The Morgan fingerprint density at radius 3 is 2.62 bits per heavy atom. The van der Waals surface area contributed by atoms with Crippen molar-refractivity contribution in [3.05, 3.63) is 23.8 Å². The van der Waals surface area contributed by atoms with E-state index >= 15 is 0 Å². The van der Waals surface area contributed by atoms with Crippen molar-refractivity contribution in [2.45, 2.75) is 25.9 Å². The van der Waals surface area contributed by atoms with Crippen LogP contribution in [0.1, 0.15) is 25.5 Å². The maximum atomic E-state index is 12.3. The zero-order valence-corrected chi connectivity index (χ0v) is 12.4. The quantitative estimate of drug-likeness (QED) is 0.722. The van der Waals surface area contributed by atoms with E-state index in [4.69, 9.17) is 4.74 Å². The number of phenols is 2. The zero-order chi connectivity index (χ0) is 15.4. The maximum Gasteiger partial charge on any atom is 0.239 e. The fraction of sp³-hybridized carbons (Fsp3) is 0.533. The van der Waals surface area contributed by atoms with E-state index in [0.29, 0.717) is 31.9 Å². The molecule has 0 aliphatic carbocycles. The highest BCUT2D eigenvalue weighted by Gasteiger charge is 2.24. The van der Waals surface area contributed by atoms with Gasteiger partial charge in [-0.05, 0) is 32.0 Å². The topological polar surface area (TPSA) is 82.0 Å². The number of hydrogen-bond acceptors (Lipinski definition) is 5. The molecule has 21 heavy (non-hydrogen) atoms. The van der Waals surface area contributed by atoms with Crippen molar-refractivity contribution >= 4 is 5.91 Å². The van der Waals surface area contributed by atoms with Crippen molar-refractivity contribution in [3.63, 3.8) is 0 Å². The Morgan fingerprint density at radius 1 is 1.29 bits per heavy atom. The van der Waals surface area contributed by atoms with Gasteiger partial charge in [-0.1, -0.05) is 0 Å². The molecule has 1 fully saturated rings. The number of carbonyl (C=O) groups excluding carboxylic acids is 1. The molecule has 1 aliphatic heterocycles. The Balaban J connectivity index is 1.99. The first-order valence-corrected chi connectivity index (χ1v) is 7.13. The summed E-state index contributed by atoms with van der Waals surface area (Å²) in [6.45, 7) is 6.00. The van der Waals surface area contributed by atoms with Crippen molar-refractivity contribution in [1.82, 2.24) is 10.2 Å². The van der Waals surface area contributed by atoms with Crippen LogP contribution in [0.15, 0.2) is 18.2 Å². The molecular formula is C15H22N2O4. The molecule has 2 rings (SSSR count). The summed E-state index contributed by atoms with van der Waals surface area (Å²) in [5, 5.41) is 22.5. The second-order valence-electron chi connectivity index (χ2n) is 5.29. The molecule has 0 radical (unpaired) electrons. The molecule has 1 aliphatic rings. The van der Waals surface area contributed by atoms with Gasteiger partial charge in [-0.25, -0.2) is 0 Å². The minimum absolute atomic E-state index is 0.0183. The van der Waals surface area contributed by atoms with Crippen LogP contribution in [0.2, 0.25) is 0 Å². The van der Waals surface area contributed by atoms with Gasteiger partial charge in [-0.2, -0.15) is 0 Å². The highest BCUT2D eigenvalue weighted by atomic mass is 16.5. The average Bonchev–Trinajstić information content (AvgIpc) is 2.49. The van der Waals surface area contributed by atoms with Crippen molar-refractivity contribution in [3.8, 4) is 11.5 Å². The number of morpholine rings is 1. The van der Waals surface area contributed by atoms with Crippen LogP contribution in [0.5, 0.6) is 11.5 Å². The number of aromatic hydroxyl groups is 2. The van der Waals surface area contributed by atoms with E-state index in [1.165, 1.54) is 18.2 Å². The first kappa shape index (κ1) is 15.6. The number of rotatable bonds is 4. The van der Waals surface area contributed by atoms with Crippen molar-refractivity contribution in [2.75, 3.05) is 26.3 Å². The molecule has 2 atom stereocenters. The first-order valence-electron chi connectivity index (χ1n) is 7.13. The smallest absolute Gasteiger partial charge is 0.239 e. The van der Waals surface area contributed by atoms with E-state index in [2.05, 4.69) is 5.32 Å². The number of benzene rings is 1. The second kappa shape index (κ2) is 6.78. The van der Waals surface area contributed by atoms with Crippen LogP contribution in [-0.2, 0) is 9.53 Å². The van der Waals surface area contributed by atoms with Gasteiger partial charge in [-0.15, -0.1) is 0 Å². The normalized spacial score (nSPS) is 18.3. The summed E-state index contributed by atoms with van der Waals surface area (Å²) in [4.78, 5) is 14.1. The third-order valence-corrected chi connectivity index (χ3v) is 3.67. The van der Waals surface area contributed by atoms with Gasteiger partial charge in [0.15, 0.2) is 0 Å². The van der Waals surface area contributed by atoms with E-state index in [1.54, 1.807) is 11.8 Å². The SMILES string of the molecule is CC(NC(C)c1cc(O)ccc1O)C(=O)N1CCOCC1. The predicted octanol–water partition coefficient (Wildman–Crippen LogP) is 0.996. The van der Waals surface area contributed by atoms with Gasteiger partial charge in [0.2, 0.25) is 5.91 Å². The minimum atomic E-state index is -0.375. The van der Waals surface area contributed by atoms with Crippen LogP contribution in [0.4, 0.5) is 0 Å². The molecule has 1 saturated heterocycles.